The normalized spacial score (nSPS) is 11.8. The largest absolute Gasteiger partial charge is 0.310 e. The van der Waals surface area contributed by atoms with Crippen LogP contribution in [0.5, 0.6) is 0 Å². The lowest BCUT2D eigenvalue weighted by atomic mass is 10.3. The van der Waals surface area contributed by atoms with Crippen LogP contribution in [0.4, 0.5) is 5.69 Å². The van der Waals surface area contributed by atoms with E-state index >= 15 is 0 Å². The summed E-state index contributed by atoms with van der Waals surface area (Å²) in [5.74, 6) is 0. The second-order valence-electron chi connectivity index (χ2n) is 4.87. The van der Waals surface area contributed by atoms with Crippen LogP contribution in [0.3, 0.4) is 0 Å². The molecule has 0 saturated heterocycles. The van der Waals surface area contributed by atoms with E-state index in [1.807, 2.05) is 18.2 Å². The summed E-state index contributed by atoms with van der Waals surface area (Å²) in [5, 5.41) is 4.96. The van der Waals surface area contributed by atoms with Gasteiger partial charge in [-0.3, -0.25) is 4.72 Å². The van der Waals surface area contributed by atoms with Crippen LogP contribution in [0, 0.1) is 3.57 Å². The molecule has 4 nitrogen and oxygen atoms in total. The first-order valence-corrected chi connectivity index (χ1v) is 9.91. The van der Waals surface area contributed by atoms with Crippen molar-refractivity contribution in [2.75, 3.05) is 4.72 Å². The van der Waals surface area contributed by atoms with Crippen LogP contribution in [0.2, 0.25) is 0 Å². The Hall–Kier alpha value is -0.640. The third-order valence-corrected chi connectivity index (χ3v) is 6.11. The van der Waals surface area contributed by atoms with E-state index in [1.165, 1.54) is 11.3 Å². The molecular formula is C14H17IN2O2S2. The van der Waals surface area contributed by atoms with Crippen molar-refractivity contribution in [2.45, 2.75) is 31.3 Å². The summed E-state index contributed by atoms with van der Waals surface area (Å²) < 4.78 is 28.3. The highest BCUT2D eigenvalue weighted by Gasteiger charge is 2.17. The molecule has 21 heavy (non-hydrogen) atoms. The molecule has 0 spiro atoms. The Balaban J connectivity index is 2.15. The van der Waals surface area contributed by atoms with E-state index in [9.17, 15) is 8.42 Å². The van der Waals surface area contributed by atoms with Crippen molar-refractivity contribution in [3.8, 4) is 0 Å². The van der Waals surface area contributed by atoms with E-state index in [1.54, 1.807) is 17.5 Å². The number of benzene rings is 1. The maximum absolute atomic E-state index is 12.4. The smallest absolute Gasteiger partial charge is 0.262 e. The summed E-state index contributed by atoms with van der Waals surface area (Å²) in [6, 6.07) is 9.40. The molecule has 0 amide bonds. The summed E-state index contributed by atoms with van der Waals surface area (Å²) in [5.41, 5.74) is 0.603. The van der Waals surface area contributed by atoms with Gasteiger partial charge in [0.15, 0.2) is 0 Å². The van der Waals surface area contributed by atoms with Gasteiger partial charge in [-0.25, -0.2) is 8.42 Å². The topological polar surface area (TPSA) is 58.2 Å². The maximum atomic E-state index is 12.4. The van der Waals surface area contributed by atoms with Gasteiger partial charge in [-0.1, -0.05) is 26.0 Å². The molecule has 0 atom stereocenters. The fraction of sp³-hybridized carbons (Fsp3) is 0.286. The summed E-state index contributed by atoms with van der Waals surface area (Å²) in [4.78, 5) is 1.32. The first kappa shape index (κ1) is 16.7. The Labute approximate surface area is 143 Å². The fourth-order valence-corrected chi connectivity index (χ4v) is 4.66. The Bertz CT molecular complexity index is 711. The SMILES string of the molecule is CC(C)NCc1cc(S(=O)(=O)Nc2ccccc2I)cs1. The Morgan fingerprint density at radius 2 is 2.00 bits per heavy atom. The van der Waals surface area contributed by atoms with Gasteiger partial charge in [-0.05, 0) is 40.8 Å². The molecule has 0 saturated carbocycles. The number of rotatable bonds is 6. The lowest BCUT2D eigenvalue weighted by Crippen LogP contribution is -2.21. The zero-order chi connectivity index (χ0) is 15.5. The van der Waals surface area contributed by atoms with Gasteiger partial charge in [0.25, 0.3) is 10.0 Å². The van der Waals surface area contributed by atoms with Crippen molar-refractivity contribution in [1.29, 1.82) is 0 Å². The number of para-hydroxylation sites is 1. The maximum Gasteiger partial charge on any atom is 0.262 e. The van der Waals surface area contributed by atoms with Crippen molar-refractivity contribution < 1.29 is 8.42 Å². The molecule has 114 valence electrons. The van der Waals surface area contributed by atoms with Crippen molar-refractivity contribution in [1.82, 2.24) is 5.32 Å². The molecule has 1 aromatic heterocycles. The molecule has 2 rings (SSSR count). The van der Waals surface area contributed by atoms with Gasteiger partial charge < -0.3 is 5.32 Å². The molecule has 1 aromatic carbocycles. The predicted octanol–water partition coefficient (Wildman–Crippen LogP) is 3.65. The summed E-state index contributed by atoms with van der Waals surface area (Å²) in [6.07, 6.45) is 0. The third kappa shape index (κ3) is 4.67. The highest BCUT2D eigenvalue weighted by Crippen LogP contribution is 2.24. The minimum absolute atomic E-state index is 0.313. The number of halogens is 1. The minimum atomic E-state index is -3.53. The van der Waals surface area contributed by atoms with Crippen molar-refractivity contribution in [3.05, 3.63) is 44.2 Å². The molecule has 0 radical (unpaired) electrons. The Morgan fingerprint density at radius 1 is 1.29 bits per heavy atom. The van der Waals surface area contributed by atoms with Crippen LogP contribution in [-0.2, 0) is 16.6 Å². The van der Waals surface area contributed by atoms with E-state index in [0.717, 1.165) is 8.45 Å². The fourth-order valence-electron chi connectivity index (χ4n) is 1.65. The van der Waals surface area contributed by atoms with Crippen molar-refractivity contribution >= 4 is 49.6 Å². The van der Waals surface area contributed by atoms with Crippen LogP contribution < -0.4 is 10.0 Å². The first-order valence-electron chi connectivity index (χ1n) is 6.46. The Morgan fingerprint density at radius 3 is 2.67 bits per heavy atom. The van der Waals surface area contributed by atoms with E-state index in [0.29, 0.717) is 23.2 Å². The lowest BCUT2D eigenvalue weighted by Gasteiger charge is -2.08. The van der Waals surface area contributed by atoms with Gasteiger partial charge in [-0.15, -0.1) is 11.3 Å². The van der Waals surface area contributed by atoms with Crippen LogP contribution in [0.15, 0.2) is 40.6 Å². The molecule has 7 heteroatoms. The average Bonchev–Trinajstić information content (AvgIpc) is 2.88. The lowest BCUT2D eigenvalue weighted by molar-refractivity contribution is 0.592. The van der Waals surface area contributed by atoms with Gasteiger partial charge in [0.05, 0.1) is 10.6 Å². The molecule has 0 aliphatic carbocycles. The second-order valence-corrected chi connectivity index (χ2v) is 8.71. The highest BCUT2D eigenvalue weighted by atomic mass is 127. The second kappa shape index (κ2) is 7.08. The predicted molar refractivity (Wildman–Crippen MR) is 96.3 cm³/mol. The number of nitrogens with one attached hydrogen (secondary N) is 2. The van der Waals surface area contributed by atoms with Gasteiger partial charge in [0, 0.05) is 26.4 Å². The van der Waals surface area contributed by atoms with Gasteiger partial charge >= 0.3 is 0 Å². The number of hydrogen-bond acceptors (Lipinski definition) is 4. The van der Waals surface area contributed by atoms with Crippen LogP contribution in [0.25, 0.3) is 0 Å². The molecule has 2 aromatic rings. The van der Waals surface area contributed by atoms with Crippen molar-refractivity contribution in [2.24, 2.45) is 0 Å². The zero-order valence-electron chi connectivity index (χ0n) is 11.8. The highest BCUT2D eigenvalue weighted by molar-refractivity contribution is 14.1. The average molecular weight is 436 g/mol. The van der Waals surface area contributed by atoms with E-state index in [4.69, 9.17) is 0 Å². The molecular weight excluding hydrogens is 419 g/mol. The van der Waals surface area contributed by atoms with Crippen LogP contribution >= 0.6 is 33.9 Å². The summed E-state index contributed by atoms with van der Waals surface area (Å²) in [6.45, 7) is 4.80. The molecule has 0 aliphatic rings. The van der Waals surface area contributed by atoms with E-state index in [-0.39, 0.29) is 0 Å². The monoisotopic (exact) mass is 436 g/mol. The molecule has 1 heterocycles. The summed E-state index contributed by atoms with van der Waals surface area (Å²) >= 11 is 3.56. The van der Waals surface area contributed by atoms with E-state index < -0.39 is 10.0 Å². The van der Waals surface area contributed by atoms with E-state index in [2.05, 4.69) is 46.5 Å². The number of thiophene rings is 1. The molecule has 0 fully saturated rings. The molecule has 0 aliphatic heterocycles. The summed E-state index contributed by atoms with van der Waals surface area (Å²) in [7, 11) is -3.53. The number of hydrogen-bond donors (Lipinski definition) is 2. The quantitative estimate of drug-likeness (QED) is 0.680. The minimum Gasteiger partial charge on any atom is -0.310 e. The third-order valence-electron chi connectivity index (χ3n) is 2.74. The van der Waals surface area contributed by atoms with Crippen LogP contribution in [-0.4, -0.2) is 14.5 Å². The standard InChI is InChI=1S/C14H17IN2O2S2/c1-10(2)16-8-11-7-12(9-20-11)21(18,19)17-14-6-4-3-5-13(14)15/h3-7,9-10,16-17H,8H2,1-2H3. The van der Waals surface area contributed by atoms with Gasteiger partial charge in [-0.2, -0.15) is 0 Å². The number of sulfonamides is 1. The van der Waals surface area contributed by atoms with Gasteiger partial charge in [0.2, 0.25) is 0 Å². The Kier molecular flexibility index (Phi) is 5.64. The van der Waals surface area contributed by atoms with Crippen molar-refractivity contribution in [3.63, 3.8) is 0 Å². The molecule has 2 N–H and O–H groups in total. The molecule has 0 bridgehead atoms. The molecule has 0 unspecified atom stereocenters. The zero-order valence-corrected chi connectivity index (χ0v) is 15.6. The number of anilines is 1. The van der Waals surface area contributed by atoms with Crippen LogP contribution in [0.1, 0.15) is 18.7 Å². The van der Waals surface area contributed by atoms with Gasteiger partial charge in [0.1, 0.15) is 0 Å². The first-order chi connectivity index (χ1) is 9.88.